The van der Waals surface area contributed by atoms with E-state index in [0.717, 1.165) is 18.4 Å². The Hall–Kier alpha value is -1.02. The van der Waals surface area contributed by atoms with Gasteiger partial charge in [-0.2, -0.15) is 0 Å². The number of aromatic hydroxyl groups is 1. The van der Waals surface area contributed by atoms with Crippen LogP contribution in [0.2, 0.25) is 0 Å². The van der Waals surface area contributed by atoms with Crippen molar-refractivity contribution < 1.29 is 5.11 Å². The number of phenolic OH excluding ortho intramolecular Hbond substituents is 1. The van der Waals surface area contributed by atoms with Gasteiger partial charge in [-0.25, -0.2) is 0 Å². The number of hydrogen-bond donors (Lipinski definition) is 1. The minimum absolute atomic E-state index is 0.372. The first-order chi connectivity index (χ1) is 9.31. The van der Waals surface area contributed by atoms with Crippen molar-refractivity contribution in [1.29, 1.82) is 0 Å². The Morgan fingerprint density at radius 1 is 1.05 bits per heavy atom. The normalized spacial score (nSPS) is 24.5. The first-order valence-corrected chi connectivity index (χ1v) is 7.83. The molecule has 1 N–H and O–H groups in total. The first-order valence-electron chi connectivity index (χ1n) is 7.83. The number of rotatable bonds is 5. The molecule has 1 aliphatic carbocycles. The fourth-order valence-electron chi connectivity index (χ4n) is 3.26. The van der Waals surface area contributed by atoms with Crippen LogP contribution in [-0.2, 0) is 6.42 Å². The van der Waals surface area contributed by atoms with E-state index >= 15 is 0 Å². The van der Waals surface area contributed by atoms with Crippen molar-refractivity contribution in [2.45, 2.75) is 51.0 Å². The van der Waals surface area contributed by atoms with Gasteiger partial charge in [-0.15, -0.1) is 0 Å². The Bertz CT molecular complexity index is 396. The molecule has 0 unspecified atom stereocenters. The lowest BCUT2D eigenvalue weighted by molar-refractivity contribution is 0.134. The molecule has 1 aliphatic heterocycles. The van der Waals surface area contributed by atoms with Gasteiger partial charge in [0.15, 0.2) is 0 Å². The van der Waals surface area contributed by atoms with Crippen molar-refractivity contribution in [1.82, 2.24) is 4.90 Å². The highest BCUT2D eigenvalue weighted by Crippen LogP contribution is 2.32. The highest BCUT2D eigenvalue weighted by Gasteiger charge is 2.29. The average molecular weight is 259 g/mol. The van der Waals surface area contributed by atoms with Crippen LogP contribution in [0.5, 0.6) is 5.75 Å². The van der Waals surface area contributed by atoms with E-state index in [1.807, 2.05) is 0 Å². The van der Waals surface area contributed by atoms with Crippen molar-refractivity contribution >= 4 is 0 Å². The Kier molecular flexibility index (Phi) is 4.07. The Labute approximate surface area is 116 Å². The van der Waals surface area contributed by atoms with Crippen LogP contribution in [-0.4, -0.2) is 29.1 Å². The lowest BCUT2D eigenvalue weighted by Gasteiger charge is -2.36. The highest BCUT2D eigenvalue weighted by molar-refractivity contribution is 5.25. The van der Waals surface area contributed by atoms with Gasteiger partial charge in [0.05, 0.1) is 0 Å². The molecule has 0 amide bonds. The number of likely N-dealkylation sites (tertiary alicyclic amines) is 1. The lowest BCUT2D eigenvalue weighted by Crippen LogP contribution is -2.40. The summed E-state index contributed by atoms with van der Waals surface area (Å²) in [4.78, 5) is 2.75. The molecule has 104 valence electrons. The molecule has 0 spiro atoms. The summed E-state index contributed by atoms with van der Waals surface area (Å²) in [6.45, 7) is 2.66. The Morgan fingerprint density at radius 3 is 2.58 bits per heavy atom. The van der Waals surface area contributed by atoms with Gasteiger partial charge < -0.3 is 10.0 Å². The van der Waals surface area contributed by atoms with E-state index in [-0.39, 0.29) is 0 Å². The molecule has 3 rings (SSSR count). The average Bonchev–Trinajstić information content (AvgIpc) is 3.24. The smallest absolute Gasteiger partial charge is 0.115 e. The number of aryl methyl sites for hydroxylation is 1. The van der Waals surface area contributed by atoms with Gasteiger partial charge >= 0.3 is 0 Å². The van der Waals surface area contributed by atoms with Crippen molar-refractivity contribution in [3.05, 3.63) is 29.8 Å². The largest absolute Gasteiger partial charge is 0.508 e. The molecule has 19 heavy (non-hydrogen) atoms. The summed E-state index contributed by atoms with van der Waals surface area (Å²) >= 11 is 0. The second-order valence-corrected chi connectivity index (χ2v) is 6.29. The highest BCUT2D eigenvalue weighted by atomic mass is 16.3. The lowest BCUT2D eigenvalue weighted by atomic mass is 9.95. The molecule has 0 bridgehead atoms. The van der Waals surface area contributed by atoms with Gasteiger partial charge in [-0.05, 0) is 68.7 Å². The predicted octanol–water partition coefficient (Wildman–Crippen LogP) is 3.59. The zero-order valence-corrected chi connectivity index (χ0v) is 11.7. The Morgan fingerprint density at radius 2 is 1.84 bits per heavy atom. The fraction of sp³-hybridized carbons (Fsp3) is 0.647. The molecule has 1 atom stereocenters. The molecule has 1 saturated carbocycles. The number of phenols is 1. The van der Waals surface area contributed by atoms with Crippen molar-refractivity contribution in [3.8, 4) is 5.75 Å². The third kappa shape index (κ3) is 3.73. The number of benzene rings is 1. The monoisotopic (exact) mass is 259 g/mol. The van der Waals surface area contributed by atoms with Crippen LogP contribution in [0.1, 0.15) is 44.1 Å². The minimum atomic E-state index is 0.372. The quantitative estimate of drug-likeness (QED) is 0.873. The maximum absolute atomic E-state index is 9.31. The molecule has 1 saturated heterocycles. The van der Waals surface area contributed by atoms with Crippen LogP contribution in [0.4, 0.5) is 0 Å². The van der Waals surface area contributed by atoms with Crippen molar-refractivity contribution in [2.75, 3.05) is 13.1 Å². The van der Waals surface area contributed by atoms with Gasteiger partial charge in [0, 0.05) is 12.6 Å². The molecule has 2 nitrogen and oxygen atoms in total. The summed E-state index contributed by atoms with van der Waals surface area (Å²) < 4.78 is 0. The third-order valence-corrected chi connectivity index (χ3v) is 4.64. The Balaban J connectivity index is 1.52. The van der Waals surface area contributed by atoms with E-state index in [1.54, 1.807) is 12.1 Å². The van der Waals surface area contributed by atoms with Crippen LogP contribution < -0.4 is 0 Å². The minimum Gasteiger partial charge on any atom is -0.508 e. The summed E-state index contributed by atoms with van der Waals surface area (Å²) in [5, 5.41) is 9.31. The van der Waals surface area contributed by atoms with E-state index in [0.29, 0.717) is 5.75 Å². The number of nitrogens with zero attached hydrogens (tertiary/aromatic N) is 1. The van der Waals surface area contributed by atoms with Gasteiger partial charge in [-0.3, -0.25) is 0 Å². The summed E-state index contributed by atoms with van der Waals surface area (Å²) in [5.41, 5.74) is 1.36. The van der Waals surface area contributed by atoms with Gasteiger partial charge in [0.1, 0.15) is 5.75 Å². The maximum atomic E-state index is 9.31. The molecule has 1 aromatic rings. The van der Waals surface area contributed by atoms with E-state index in [4.69, 9.17) is 0 Å². The van der Waals surface area contributed by atoms with Crippen LogP contribution in [0.25, 0.3) is 0 Å². The topological polar surface area (TPSA) is 23.5 Å². The molecule has 1 heterocycles. The van der Waals surface area contributed by atoms with Crippen molar-refractivity contribution in [2.24, 2.45) is 5.92 Å². The second-order valence-electron chi connectivity index (χ2n) is 6.29. The third-order valence-electron chi connectivity index (χ3n) is 4.64. The molecular weight excluding hydrogens is 234 g/mol. The van der Waals surface area contributed by atoms with Crippen molar-refractivity contribution in [3.63, 3.8) is 0 Å². The summed E-state index contributed by atoms with van der Waals surface area (Å²) in [5.74, 6) is 1.38. The summed E-state index contributed by atoms with van der Waals surface area (Å²) in [7, 11) is 0. The predicted molar refractivity (Wildman–Crippen MR) is 78.4 cm³/mol. The summed E-state index contributed by atoms with van der Waals surface area (Å²) in [6.07, 6.45) is 9.51. The number of piperidine rings is 1. The SMILES string of the molecule is Oc1ccc(CC[C@H]2CCCCN2CC2CC2)cc1. The zero-order chi connectivity index (χ0) is 13.1. The van der Waals surface area contributed by atoms with Crippen LogP contribution in [0.15, 0.2) is 24.3 Å². The van der Waals surface area contributed by atoms with E-state index in [2.05, 4.69) is 17.0 Å². The van der Waals surface area contributed by atoms with Crippen LogP contribution in [0.3, 0.4) is 0 Å². The van der Waals surface area contributed by atoms with Crippen LogP contribution in [0, 0.1) is 5.92 Å². The zero-order valence-electron chi connectivity index (χ0n) is 11.7. The molecule has 0 aromatic heterocycles. The molecular formula is C17H25NO. The molecule has 2 aliphatic rings. The first kappa shape index (κ1) is 13.0. The second kappa shape index (κ2) is 5.96. The summed E-state index contributed by atoms with van der Waals surface area (Å²) in [6, 6.07) is 8.52. The molecule has 0 radical (unpaired) electrons. The van der Waals surface area contributed by atoms with Gasteiger partial charge in [-0.1, -0.05) is 18.6 Å². The molecule has 2 fully saturated rings. The fourth-order valence-corrected chi connectivity index (χ4v) is 3.26. The molecule has 1 aromatic carbocycles. The van der Waals surface area contributed by atoms with E-state index < -0.39 is 0 Å². The number of hydrogen-bond acceptors (Lipinski definition) is 2. The van der Waals surface area contributed by atoms with Gasteiger partial charge in [0.2, 0.25) is 0 Å². The van der Waals surface area contributed by atoms with Gasteiger partial charge in [0.25, 0.3) is 0 Å². The standard InChI is InChI=1S/C17H25NO/c19-17-10-7-14(8-11-17)6-9-16-3-1-2-12-18(16)13-15-4-5-15/h7-8,10-11,15-16,19H,1-6,9,12-13H2/t16-/m1/s1. The van der Waals surface area contributed by atoms with E-state index in [1.165, 1.54) is 57.2 Å². The molecule has 2 heteroatoms. The van der Waals surface area contributed by atoms with Crippen LogP contribution >= 0.6 is 0 Å². The van der Waals surface area contributed by atoms with E-state index in [9.17, 15) is 5.11 Å². The maximum Gasteiger partial charge on any atom is 0.115 e.